The first kappa shape index (κ1) is 19.4. The van der Waals surface area contributed by atoms with Crippen molar-refractivity contribution in [3.63, 3.8) is 0 Å². The van der Waals surface area contributed by atoms with Crippen molar-refractivity contribution in [2.24, 2.45) is 0 Å². The van der Waals surface area contributed by atoms with Crippen molar-refractivity contribution in [3.8, 4) is 0 Å². The molecular weight excluding hydrogens is 344 g/mol. The van der Waals surface area contributed by atoms with Gasteiger partial charge in [0.05, 0.1) is 24.7 Å². The molecular formula is C15H24N6O3S. The predicted molar refractivity (Wildman–Crippen MR) is 97.0 cm³/mol. The molecule has 2 N–H and O–H groups in total. The summed E-state index contributed by atoms with van der Waals surface area (Å²) in [6.45, 7) is 4.31. The first-order valence-corrected chi connectivity index (χ1v) is 9.03. The Labute approximate surface area is 150 Å². The lowest BCUT2D eigenvalue weighted by molar-refractivity contribution is -0.124. The fraction of sp³-hybridized carbons (Fsp3) is 0.600. The van der Waals surface area contributed by atoms with Gasteiger partial charge in [0.15, 0.2) is 10.8 Å². The highest BCUT2D eigenvalue weighted by molar-refractivity contribution is 7.99. The molecule has 0 saturated carbocycles. The van der Waals surface area contributed by atoms with Crippen LogP contribution in [0.4, 0.5) is 5.82 Å². The van der Waals surface area contributed by atoms with E-state index < -0.39 is 0 Å². The maximum atomic E-state index is 11.5. The lowest BCUT2D eigenvalue weighted by Gasteiger charge is -2.09. The minimum absolute atomic E-state index is 0.0485. The summed E-state index contributed by atoms with van der Waals surface area (Å²) in [6.07, 6.45) is 1.74. The molecule has 2 rings (SSSR count). The highest BCUT2D eigenvalue weighted by Gasteiger charge is 2.13. The molecule has 138 valence electrons. The molecule has 0 aliphatic carbocycles. The molecule has 2 heterocycles. The molecule has 0 atom stereocenters. The highest BCUT2D eigenvalue weighted by Crippen LogP contribution is 2.24. The second-order valence-electron chi connectivity index (χ2n) is 5.10. The molecule has 0 bridgehead atoms. The first-order valence-electron chi connectivity index (χ1n) is 8.04. The largest absolute Gasteiger partial charge is 0.383 e. The number of amides is 1. The van der Waals surface area contributed by atoms with E-state index in [1.165, 1.54) is 7.11 Å². The lowest BCUT2D eigenvalue weighted by Crippen LogP contribution is -2.30. The third kappa shape index (κ3) is 5.55. The Kier molecular flexibility index (Phi) is 7.89. The summed E-state index contributed by atoms with van der Waals surface area (Å²) in [5, 5.41) is 12.0. The van der Waals surface area contributed by atoms with Gasteiger partial charge in [-0.1, -0.05) is 18.7 Å². The number of nitrogens with zero attached hydrogens (tertiary/aromatic N) is 4. The third-order valence-electron chi connectivity index (χ3n) is 3.27. The third-order valence-corrected chi connectivity index (χ3v) is 4.00. The molecule has 0 aliphatic rings. The first-order chi connectivity index (χ1) is 12.2. The van der Waals surface area contributed by atoms with Crippen LogP contribution in [0.25, 0.3) is 11.0 Å². The number of hydrogen-bond acceptors (Lipinski definition) is 8. The summed E-state index contributed by atoms with van der Waals surface area (Å²) in [6, 6.07) is 0. The van der Waals surface area contributed by atoms with E-state index in [0.717, 1.165) is 22.6 Å². The van der Waals surface area contributed by atoms with Gasteiger partial charge in [0.1, 0.15) is 12.4 Å². The van der Waals surface area contributed by atoms with Crippen LogP contribution in [0.1, 0.15) is 6.92 Å². The molecule has 2 aromatic heterocycles. The van der Waals surface area contributed by atoms with E-state index in [1.807, 2.05) is 0 Å². The summed E-state index contributed by atoms with van der Waals surface area (Å²) < 4.78 is 11.6. The van der Waals surface area contributed by atoms with Crippen molar-refractivity contribution in [2.45, 2.75) is 18.6 Å². The standard InChI is InChI=1S/C15H24N6O3S/c1-4-25-15-19-13(17-6-8-23-2)11-9-18-21(14(11)20-15)7-5-16-12(22)10-24-3/h9H,4-8,10H2,1-3H3,(H,16,22)(H,17,19,20). The van der Waals surface area contributed by atoms with Crippen molar-refractivity contribution in [1.29, 1.82) is 0 Å². The fourth-order valence-corrected chi connectivity index (χ4v) is 2.75. The number of carbonyl (C=O) groups excluding carboxylic acids is 1. The number of thioether (sulfide) groups is 1. The second kappa shape index (κ2) is 10.2. The maximum Gasteiger partial charge on any atom is 0.246 e. The summed E-state index contributed by atoms with van der Waals surface area (Å²) >= 11 is 1.57. The van der Waals surface area contributed by atoms with Crippen LogP contribution in [-0.4, -0.2) is 71.9 Å². The average Bonchev–Trinajstić information content (AvgIpc) is 2.99. The highest BCUT2D eigenvalue weighted by atomic mass is 32.2. The average molecular weight is 368 g/mol. The van der Waals surface area contributed by atoms with Gasteiger partial charge >= 0.3 is 0 Å². The van der Waals surface area contributed by atoms with Crippen molar-refractivity contribution in [3.05, 3.63) is 6.20 Å². The topological polar surface area (TPSA) is 103 Å². The molecule has 25 heavy (non-hydrogen) atoms. The SMILES string of the molecule is CCSc1nc(NCCOC)c2cnn(CCNC(=O)COC)c2n1. The Morgan fingerprint density at radius 1 is 1.28 bits per heavy atom. The van der Waals surface area contributed by atoms with E-state index in [9.17, 15) is 4.79 Å². The van der Waals surface area contributed by atoms with Gasteiger partial charge in [0, 0.05) is 27.3 Å². The molecule has 0 fully saturated rings. The zero-order valence-electron chi connectivity index (χ0n) is 14.7. The summed E-state index contributed by atoms with van der Waals surface area (Å²) in [4.78, 5) is 20.6. The van der Waals surface area contributed by atoms with E-state index in [2.05, 4.69) is 32.6 Å². The normalized spacial score (nSPS) is 11.0. The Balaban J connectivity index is 2.16. The summed E-state index contributed by atoms with van der Waals surface area (Å²) in [5.41, 5.74) is 0.742. The molecule has 0 aliphatic heterocycles. The van der Waals surface area contributed by atoms with Crippen LogP contribution in [0.2, 0.25) is 0 Å². The van der Waals surface area contributed by atoms with E-state index in [1.54, 1.807) is 29.8 Å². The number of anilines is 1. The van der Waals surface area contributed by atoms with Gasteiger partial charge in [0.2, 0.25) is 5.91 Å². The minimum Gasteiger partial charge on any atom is -0.383 e. The number of hydrogen-bond donors (Lipinski definition) is 2. The molecule has 2 aromatic rings. The van der Waals surface area contributed by atoms with Crippen molar-refractivity contribution < 1.29 is 14.3 Å². The summed E-state index contributed by atoms with van der Waals surface area (Å²) in [5.74, 6) is 1.47. The zero-order valence-corrected chi connectivity index (χ0v) is 15.6. The Morgan fingerprint density at radius 3 is 2.84 bits per heavy atom. The number of methoxy groups -OCH3 is 2. The predicted octanol–water partition coefficient (Wildman–Crippen LogP) is 0.759. The van der Waals surface area contributed by atoms with Crippen molar-refractivity contribution in [1.82, 2.24) is 25.1 Å². The van der Waals surface area contributed by atoms with E-state index in [4.69, 9.17) is 9.47 Å². The van der Waals surface area contributed by atoms with Crippen molar-refractivity contribution in [2.75, 3.05) is 51.6 Å². The van der Waals surface area contributed by atoms with Gasteiger partial charge in [-0.15, -0.1) is 0 Å². The van der Waals surface area contributed by atoms with Gasteiger partial charge in [-0.2, -0.15) is 5.10 Å². The number of aromatic nitrogens is 4. The van der Waals surface area contributed by atoms with Crippen molar-refractivity contribution >= 4 is 34.5 Å². The Morgan fingerprint density at radius 2 is 2.12 bits per heavy atom. The molecule has 0 radical (unpaired) electrons. The maximum absolute atomic E-state index is 11.5. The van der Waals surface area contributed by atoms with Crippen LogP contribution in [0.3, 0.4) is 0 Å². The van der Waals surface area contributed by atoms with E-state index >= 15 is 0 Å². The number of nitrogens with one attached hydrogen (secondary N) is 2. The van der Waals surface area contributed by atoms with Gasteiger partial charge < -0.3 is 20.1 Å². The smallest absolute Gasteiger partial charge is 0.246 e. The quantitative estimate of drug-likeness (QED) is 0.340. The fourth-order valence-electron chi connectivity index (χ4n) is 2.18. The monoisotopic (exact) mass is 368 g/mol. The van der Waals surface area contributed by atoms with Gasteiger partial charge in [-0.25, -0.2) is 14.6 Å². The number of ether oxygens (including phenoxy) is 2. The van der Waals surface area contributed by atoms with Crippen LogP contribution in [-0.2, 0) is 20.8 Å². The Hall–Kier alpha value is -1.91. The van der Waals surface area contributed by atoms with Gasteiger partial charge in [-0.3, -0.25) is 4.79 Å². The minimum atomic E-state index is -0.155. The molecule has 0 unspecified atom stereocenters. The van der Waals surface area contributed by atoms with Crippen LogP contribution < -0.4 is 10.6 Å². The molecule has 9 nitrogen and oxygen atoms in total. The zero-order chi connectivity index (χ0) is 18.1. The Bertz CT molecular complexity index is 693. The van der Waals surface area contributed by atoms with Crippen LogP contribution in [0, 0.1) is 0 Å². The molecule has 1 amide bonds. The number of carbonyl (C=O) groups is 1. The number of rotatable bonds is 11. The number of fused-ring (bicyclic) bond motifs is 1. The van der Waals surface area contributed by atoms with E-state index in [0.29, 0.717) is 31.4 Å². The molecule has 0 aromatic carbocycles. The van der Waals surface area contributed by atoms with E-state index in [-0.39, 0.29) is 12.5 Å². The molecule has 0 spiro atoms. The second-order valence-corrected chi connectivity index (χ2v) is 6.33. The van der Waals surface area contributed by atoms with Gasteiger partial charge in [0.25, 0.3) is 0 Å². The lowest BCUT2D eigenvalue weighted by atomic mass is 10.4. The van der Waals surface area contributed by atoms with Gasteiger partial charge in [-0.05, 0) is 5.75 Å². The summed E-state index contributed by atoms with van der Waals surface area (Å²) in [7, 11) is 3.15. The van der Waals surface area contributed by atoms with Crippen LogP contribution in [0.5, 0.6) is 0 Å². The molecule has 10 heteroatoms. The molecule has 0 saturated heterocycles. The van der Waals surface area contributed by atoms with Crippen LogP contribution in [0.15, 0.2) is 11.4 Å². The van der Waals surface area contributed by atoms with Crippen LogP contribution >= 0.6 is 11.8 Å².